The van der Waals surface area contributed by atoms with Crippen molar-refractivity contribution in [2.45, 2.75) is 92.9 Å². The third kappa shape index (κ3) is 4.15. The van der Waals surface area contributed by atoms with Crippen LogP contribution in [0, 0.1) is 46.8 Å². The summed E-state index contributed by atoms with van der Waals surface area (Å²) in [5, 5.41) is 0. The Morgan fingerprint density at radius 3 is 2.59 bits per heavy atom. The Hall–Kier alpha value is -0.790. The van der Waals surface area contributed by atoms with Gasteiger partial charge in [0.25, 0.3) is 0 Å². The molecule has 0 N–H and O–H groups in total. The number of carbonyl (C=O) groups is 1. The summed E-state index contributed by atoms with van der Waals surface area (Å²) in [6.07, 6.45) is 13.1. The summed E-state index contributed by atoms with van der Waals surface area (Å²) in [6, 6.07) is 0. The highest BCUT2D eigenvalue weighted by Crippen LogP contribution is 2.63. The Morgan fingerprint density at radius 1 is 1.19 bits per heavy atom. The fourth-order valence-corrected chi connectivity index (χ4v) is 7.25. The maximum absolute atomic E-state index is 11.4. The minimum atomic E-state index is -0.164. The first-order valence-corrected chi connectivity index (χ1v) is 11.6. The van der Waals surface area contributed by atoms with E-state index >= 15 is 0 Å². The summed E-state index contributed by atoms with van der Waals surface area (Å²) >= 11 is 0. The molecule has 0 radical (unpaired) electrons. The van der Waals surface area contributed by atoms with Crippen molar-refractivity contribution in [3.8, 4) is 0 Å². The van der Waals surface area contributed by atoms with Crippen LogP contribution in [-0.4, -0.2) is 5.97 Å². The van der Waals surface area contributed by atoms with Gasteiger partial charge in [-0.15, -0.1) is 0 Å². The van der Waals surface area contributed by atoms with Gasteiger partial charge in [-0.3, -0.25) is 4.79 Å². The zero-order valence-corrected chi connectivity index (χ0v) is 18.6. The number of rotatable bonds is 6. The van der Waals surface area contributed by atoms with Crippen molar-refractivity contribution in [2.24, 2.45) is 46.8 Å². The van der Waals surface area contributed by atoms with Gasteiger partial charge >= 0.3 is 5.97 Å². The lowest BCUT2D eigenvalue weighted by Gasteiger charge is -2.52. The van der Waals surface area contributed by atoms with Gasteiger partial charge < -0.3 is 4.74 Å². The summed E-state index contributed by atoms with van der Waals surface area (Å²) < 4.78 is 5.53. The van der Waals surface area contributed by atoms with Crippen LogP contribution in [0.4, 0.5) is 0 Å². The zero-order valence-electron chi connectivity index (χ0n) is 18.6. The Bertz CT molecular complexity index is 563. The molecule has 3 rings (SSSR count). The number of esters is 1. The monoisotopic (exact) mass is 374 g/mol. The van der Waals surface area contributed by atoms with E-state index in [0.29, 0.717) is 17.3 Å². The largest absolute Gasteiger partial charge is 0.431 e. The zero-order chi connectivity index (χ0) is 19.8. The number of hydrogen-bond acceptors (Lipinski definition) is 2. The van der Waals surface area contributed by atoms with Crippen molar-refractivity contribution in [1.82, 2.24) is 0 Å². The first-order valence-electron chi connectivity index (χ1n) is 11.6. The molecule has 2 saturated carbocycles. The molecule has 0 unspecified atom stereocenters. The number of carbonyl (C=O) groups excluding carboxylic acids is 1. The Labute approximate surface area is 167 Å². The average Bonchev–Trinajstić information content (AvgIpc) is 2.94. The Kier molecular flexibility index (Phi) is 6.43. The van der Waals surface area contributed by atoms with Gasteiger partial charge in [-0.1, -0.05) is 53.9 Å². The van der Waals surface area contributed by atoms with E-state index in [4.69, 9.17) is 4.74 Å². The predicted octanol–water partition coefficient (Wildman–Crippen LogP) is 6.99. The van der Waals surface area contributed by atoms with Gasteiger partial charge in [0.2, 0.25) is 0 Å². The van der Waals surface area contributed by atoms with Crippen LogP contribution >= 0.6 is 0 Å². The molecular formula is C25H42O2. The van der Waals surface area contributed by atoms with Crippen molar-refractivity contribution in [2.75, 3.05) is 0 Å². The molecule has 0 aromatic rings. The quantitative estimate of drug-likeness (QED) is 0.468. The summed E-state index contributed by atoms with van der Waals surface area (Å²) in [5.41, 5.74) is 0.533. The molecular weight excluding hydrogens is 332 g/mol. The van der Waals surface area contributed by atoms with Gasteiger partial charge in [-0.05, 0) is 79.1 Å². The van der Waals surface area contributed by atoms with Crippen LogP contribution in [0.2, 0.25) is 0 Å². The molecule has 0 aliphatic heterocycles. The highest BCUT2D eigenvalue weighted by molar-refractivity contribution is 5.67. The van der Waals surface area contributed by atoms with E-state index in [1.165, 1.54) is 51.9 Å². The Balaban J connectivity index is 1.69. The second-order valence-electron chi connectivity index (χ2n) is 10.7. The third-order valence-electron chi connectivity index (χ3n) is 8.64. The van der Waals surface area contributed by atoms with Crippen LogP contribution in [0.5, 0.6) is 0 Å². The minimum Gasteiger partial charge on any atom is -0.431 e. The normalized spacial score (nSPS) is 39.5. The number of hydrogen-bond donors (Lipinski definition) is 0. The fraction of sp³-hybridized carbons (Fsp3) is 0.880. The van der Waals surface area contributed by atoms with E-state index in [9.17, 15) is 4.79 Å². The second kappa shape index (κ2) is 8.29. The van der Waals surface area contributed by atoms with Gasteiger partial charge in [0.05, 0.1) is 0 Å². The summed E-state index contributed by atoms with van der Waals surface area (Å²) in [7, 11) is 0. The smallest absolute Gasteiger partial charge is 0.307 e. The topological polar surface area (TPSA) is 26.3 Å². The van der Waals surface area contributed by atoms with E-state index in [0.717, 1.165) is 41.8 Å². The number of allylic oxidation sites excluding steroid dienone is 2. The summed E-state index contributed by atoms with van der Waals surface area (Å²) in [4.78, 5) is 11.4. The van der Waals surface area contributed by atoms with E-state index in [1.54, 1.807) is 0 Å². The van der Waals surface area contributed by atoms with Crippen LogP contribution in [0.25, 0.3) is 0 Å². The highest BCUT2D eigenvalue weighted by Gasteiger charge is 2.56. The first kappa shape index (κ1) is 20.9. The van der Waals surface area contributed by atoms with E-state index in [1.807, 2.05) is 0 Å². The molecule has 0 spiro atoms. The third-order valence-corrected chi connectivity index (χ3v) is 8.64. The maximum Gasteiger partial charge on any atom is 0.307 e. The molecule has 2 nitrogen and oxygen atoms in total. The van der Waals surface area contributed by atoms with E-state index in [-0.39, 0.29) is 5.97 Å². The molecule has 27 heavy (non-hydrogen) atoms. The Morgan fingerprint density at radius 2 is 1.93 bits per heavy atom. The highest BCUT2D eigenvalue weighted by atomic mass is 16.5. The van der Waals surface area contributed by atoms with Gasteiger partial charge in [-0.2, -0.15) is 0 Å². The van der Waals surface area contributed by atoms with Crippen LogP contribution in [0.15, 0.2) is 11.8 Å². The molecule has 0 heterocycles. The average molecular weight is 375 g/mol. The van der Waals surface area contributed by atoms with E-state index < -0.39 is 0 Å². The maximum atomic E-state index is 11.4. The lowest BCUT2D eigenvalue weighted by Crippen LogP contribution is -2.45. The molecule has 7 atom stereocenters. The lowest BCUT2D eigenvalue weighted by atomic mass is 9.53. The SMILES string of the molecule is CC(=O)OC1=CC[C@@H]2[C@H](CC[C@]3(C)[C@@H]2CC[C@H]3[C@H](C)CCCC(C)C)[C@H]1C. The molecule has 2 fully saturated rings. The van der Waals surface area contributed by atoms with Crippen LogP contribution in [0.3, 0.4) is 0 Å². The standard InChI is InChI=1S/C25H42O2/c1-16(2)8-7-9-17(3)22-11-12-23-21-10-13-24(27-19(5)26)18(4)20(21)14-15-25(22,23)6/h13,16-18,20-23H,7-12,14-15H2,1-6H3/t17-,18-,20-,21-,22+,23-,25+/m1/s1. The predicted molar refractivity (Wildman–Crippen MR) is 112 cm³/mol. The van der Waals surface area contributed by atoms with Gasteiger partial charge in [-0.25, -0.2) is 0 Å². The fourth-order valence-electron chi connectivity index (χ4n) is 7.25. The van der Waals surface area contributed by atoms with Crippen LogP contribution in [0.1, 0.15) is 92.9 Å². The van der Waals surface area contributed by atoms with Crippen molar-refractivity contribution in [1.29, 1.82) is 0 Å². The first-order chi connectivity index (χ1) is 12.7. The minimum absolute atomic E-state index is 0.164. The van der Waals surface area contributed by atoms with Gasteiger partial charge in [0, 0.05) is 12.8 Å². The van der Waals surface area contributed by atoms with Crippen molar-refractivity contribution in [3.63, 3.8) is 0 Å². The van der Waals surface area contributed by atoms with Crippen LogP contribution < -0.4 is 0 Å². The lowest BCUT2D eigenvalue weighted by molar-refractivity contribution is -0.139. The number of fused-ring (bicyclic) bond motifs is 3. The molecule has 0 saturated heterocycles. The molecule has 3 aliphatic rings. The molecule has 154 valence electrons. The van der Waals surface area contributed by atoms with E-state index in [2.05, 4.69) is 40.7 Å². The molecule has 0 aromatic carbocycles. The molecule has 2 heteroatoms. The molecule has 0 amide bonds. The molecule has 0 aromatic heterocycles. The molecule has 3 aliphatic carbocycles. The van der Waals surface area contributed by atoms with Gasteiger partial charge in [0.15, 0.2) is 0 Å². The van der Waals surface area contributed by atoms with Gasteiger partial charge in [0.1, 0.15) is 5.76 Å². The number of ether oxygens (including phenoxy) is 1. The summed E-state index contributed by atoms with van der Waals surface area (Å²) in [5.74, 6) is 6.16. The van der Waals surface area contributed by atoms with Crippen molar-refractivity contribution >= 4 is 5.97 Å². The van der Waals surface area contributed by atoms with Crippen LogP contribution in [-0.2, 0) is 9.53 Å². The van der Waals surface area contributed by atoms with Crippen molar-refractivity contribution in [3.05, 3.63) is 11.8 Å². The summed E-state index contributed by atoms with van der Waals surface area (Å²) in [6.45, 7) is 13.7. The second-order valence-corrected chi connectivity index (χ2v) is 10.7. The van der Waals surface area contributed by atoms with Crippen molar-refractivity contribution < 1.29 is 9.53 Å². The molecule has 0 bridgehead atoms.